The number of aromatic nitrogens is 1. The molecule has 0 saturated carbocycles. The van der Waals surface area contributed by atoms with Crippen molar-refractivity contribution in [1.82, 2.24) is 4.98 Å². The van der Waals surface area contributed by atoms with Crippen LogP contribution in [0.25, 0.3) is 10.9 Å². The van der Waals surface area contributed by atoms with Gasteiger partial charge in [0.2, 0.25) is 0 Å². The zero-order valence-corrected chi connectivity index (χ0v) is 12.7. The third kappa shape index (κ3) is 2.44. The molecule has 0 bridgehead atoms. The molecule has 0 atom stereocenters. The highest BCUT2D eigenvalue weighted by atomic mass is 79.9. The number of pyridine rings is 1. The molecule has 5 heteroatoms. The SMILES string of the molecule is Nc1cnc2ccccc2c1Nc1ccc(Br)c(Cl)c1. The van der Waals surface area contributed by atoms with Gasteiger partial charge in [0.15, 0.2) is 0 Å². The van der Waals surface area contributed by atoms with Crippen molar-refractivity contribution in [2.75, 3.05) is 11.1 Å². The summed E-state index contributed by atoms with van der Waals surface area (Å²) in [6.45, 7) is 0. The molecule has 0 fully saturated rings. The molecule has 3 rings (SSSR count). The van der Waals surface area contributed by atoms with Crippen molar-refractivity contribution >= 4 is 55.5 Å². The number of nitrogen functional groups attached to an aromatic ring is 1. The summed E-state index contributed by atoms with van der Waals surface area (Å²) in [5.74, 6) is 0. The molecule has 0 saturated heterocycles. The number of anilines is 3. The van der Waals surface area contributed by atoms with Gasteiger partial charge in [0.05, 0.1) is 28.1 Å². The number of hydrogen-bond donors (Lipinski definition) is 2. The minimum Gasteiger partial charge on any atom is -0.396 e. The summed E-state index contributed by atoms with van der Waals surface area (Å²) < 4.78 is 0.859. The molecule has 0 aliphatic heterocycles. The van der Waals surface area contributed by atoms with Crippen molar-refractivity contribution in [2.24, 2.45) is 0 Å². The van der Waals surface area contributed by atoms with Crippen molar-refractivity contribution in [3.8, 4) is 0 Å². The van der Waals surface area contributed by atoms with Gasteiger partial charge in [-0.1, -0.05) is 29.8 Å². The van der Waals surface area contributed by atoms with E-state index in [0.717, 1.165) is 26.8 Å². The molecule has 3 aromatic rings. The Balaban J connectivity index is 2.10. The van der Waals surface area contributed by atoms with Gasteiger partial charge in [-0.05, 0) is 40.2 Å². The quantitative estimate of drug-likeness (QED) is 0.687. The van der Waals surface area contributed by atoms with Gasteiger partial charge in [0.25, 0.3) is 0 Å². The number of hydrogen-bond acceptors (Lipinski definition) is 3. The molecular formula is C15H11BrClN3. The minimum absolute atomic E-state index is 0.600. The summed E-state index contributed by atoms with van der Waals surface area (Å²) in [4.78, 5) is 4.32. The first-order valence-corrected chi connectivity index (χ1v) is 7.17. The highest BCUT2D eigenvalue weighted by molar-refractivity contribution is 9.10. The third-order valence-electron chi connectivity index (χ3n) is 2.99. The summed E-state index contributed by atoms with van der Waals surface area (Å²) >= 11 is 9.48. The summed E-state index contributed by atoms with van der Waals surface area (Å²) in [5, 5.41) is 4.94. The predicted molar refractivity (Wildman–Crippen MR) is 88.6 cm³/mol. The summed E-state index contributed by atoms with van der Waals surface area (Å²) in [5.41, 5.74) is 9.25. The normalized spacial score (nSPS) is 10.7. The van der Waals surface area contributed by atoms with Crippen LogP contribution in [0.2, 0.25) is 5.02 Å². The zero-order chi connectivity index (χ0) is 14.1. The van der Waals surface area contributed by atoms with E-state index in [2.05, 4.69) is 26.2 Å². The molecular weight excluding hydrogens is 338 g/mol. The van der Waals surface area contributed by atoms with Gasteiger partial charge >= 0.3 is 0 Å². The largest absolute Gasteiger partial charge is 0.396 e. The maximum Gasteiger partial charge on any atom is 0.0746 e. The maximum absolute atomic E-state index is 6.11. The lowest BCUT2D eigenvalue weighted by Crippen LogP contribution is -1.98. The Labute approximate surface area is 129 Å². The summed E-state index contributed by atoms with van der Waals surface area (Å²) in [6.07, 6.45) is 1.66. The molecule has 100 valence electrons. The van der Waals surface area contributed by atoms with Crippen LogP contribution in [0.1, 0.15) is 0 Å². The maximum atomic E-state index is 6.11. The number of nitrogens with one attached hydrogen (secondary N) is 1. The molecule has 20 heavy (non-hydrogen) atoms. The third-order valence-corrected chi connectivity index (χ3v) is 4.23. The van der Waals surface area contributed by atoms with Crippen molar-refractivity contribution in [3.63, 3.8) is 0 Å². The number of fused-ring (bicyclic) bond motifs is 1. The molecule has 3 nitrogen and oxygen atoms in total. The zero-order valence-electron chi connectivity index (χ0n) is 10.4. The van der Waals surface area contributed by atoms with Crippen LogP contribution in [0.5, 0.6) is 0 Å². The van der Waals surface area contributed by atoms with E-state index in [1.807, 2.05) is 42.5 Å². The minimum atomic E-state index is 0.600. The van der Waals surface area contributed by atoms with E-state index in [4.69, 9.17) is 17.3 Å². The standard InChI is InChI=1S/C15H11BrClN3/c16-11-6-5-9(7-12(11)17)20-15-10-3-1-2-4-14(10)19-8-13(15)18/h1-8H,18H2,(H,19,20). The smallest absolute Gasteiger partial charge is 0.0746 e. The van der Waals surface area contributed by atoms with E-state index in [1.54, 1.807) is 6.20 Å². The summed E-state index contributed by atoms with van der Waals surface area (Å²) in [7, 11) is 0. The fourth-order valence-corrected chi connectivity index (χ4v) is 2.44. The first-order chi connectivity index (χ1) is 9.65. The van der Waals surface area contributed by atoms with Crippen LogP contribution < -0.4 is 11.1 Å². The fourth-order valence-electron chi connectivity index (χ4n) is 2.01. The number of benzene rings is 2. The van der Waals surface area contributed by atoms with E-state index >= 15 is 0 Å². The Kier molecular flexibility index (Phi) is 3.51. The lowest BCUT2D eigenvalue weighted by Gasteiger charge is -2.12. The Morgan fingerprint density at radius 1 is 1.15 bits per heavy atom. The number of rotatable bonds is 2. The monoisotopic (exact) mass is 347 g/mol. The molecule has 0 spiro atoms. The van der Waals surface area contributed by atoms with Crippen molar-refractivity contribution < 1.29 is 0 Å². The van der Waals surface area contributed by atoms with Crippen LogP contribution in [0.4, 0.5) is 17.1 Å². The van der Waals surface area contributed by atoms with Crippen molar-refractivity contribution in [3.05, 3.63) is 58.2 Å². The molecule has 0 unspecified atom stereocenters. The van der Waals surface area contributed by atoms with Gasteiger partial charge in [-0.15, -0.1) is 0 Å². The summed E-state index contributed by atoms with van der Waals surface area (Å²) in [6, 6.07) is 13.5. The number of nitrogens with zero attached hydrogens (tertiary/aromatic N) is 1. The second-order valence-corrected chi connectivity index (χ2v) is 5.62. The molecule has 0 radical (unpaired) electrons. The van der Waals surface area contributed by atoms with E-state index in [1.165, 1.54) is 0 Å². The van der Waals surface area contributed by atoms with Gasteiger partial charge in [-0.3, -0.25) is 4.98 Å². The van der Waals surface area contributed by atoms with Crippen LogP contribution in [0.3, 0.4) is 0 Å². The average Bonchev–Trinajstić information content (AvgIpc) is 2.46. The molecule has 2 aromatic carbocycles. The Hall–Kier alpha value is -1.78. The van der Waals surface area contributed by atoms with Gasteiger partial charge in [-0.2, -0.15) is 0 Å². The first-order valence-electron chi connectivity index (χ1n) is 6.00. The van der Waals surface area contributed by atoms with Gasteiger partial charge in [-0.25, -0.2) is 0 Å². The number of nitrogens with two attached hydrogens (primary N) is 1. The Bertz CT molecular complexity index is 789. The molecule has 0 amide bonds. The van der Waals surface area contributed by atoms with E-state index in [9.17, 15) is 0 Å². The molecule has 0 aliphatic carbocycles. The first kappa shape index (κ1) is 13.2. The molecule has 1 aromatic heterocycles. The van der Waals surface area contributed by atoms with Crippen molar-refractivity contribution in [2.45, 2.75) is 0 Å². The van der Waals surface area contributed by atoms with Crippen LogP contribution in [0, 0.1) is 0 Å². The van der Waals surface area contributed by atoms with Crippen LogP contribution >= 0.6 is 27.5 Å². The van der Waals surface area contributed by atoms with Gasteiger partial charge in [0.1, 0.15) is 0 Å². The second kappa shape index (κ2) is 5.31. The fraction of sp³-hybridized carbons (Fsp3) is 0. The van der Waals surface area contributed by atoms with E-state index in [0.29, 0.717) is 10.7 Å². The van der Waals surface area contributed by atoms with Crippen LogP contribution in [0.15, 0.2) is 53.1 Å². The highest BCUT2D eigenvalue weighted by Gasteiger charge is 2.07. The van der Waals surface area contributed by atoms with Crippen molar-refractivity contribution in [1.29, 1.82) is 0 Å². The predicted octanol–water partition coefficient (Wildman–Crippen LogP) is 4.98. The number of para-hydroxylation sites is 1. The van der Waals surface area contributed by atoms with Gasteiger partial charge in [0, 0.05) is 15.5 Å². The molecule has 3 N–H and O–H groups in total. The topological polar surface area (TPSA) is 50.9 Å². The van der Waals surface area contributed by atoms with Crippen LogP contribution in [-0.2, 0) is 0 Å². The second-order valence-electron chi connectivity index (χ2n) is 4.36. The molecule has 1 heterocycles. The molecule has 0 aliphatic rings. The highest BCUT2D eigenvalue weighted by Crippen LogP contribution is 2.32. The van der Waals surface area contributed by atoms with Gasteiger partial charge < -0.3 is 11.1 Å². The van der Waals surface area contributed by atoms with E-state index in [-0.39, 0.29) is 0 Å². The Morgan fingerprint density at radius 3 is 2.75 bits per heavy atom. The Morgan fingerprint density at radius 2 is 1.95 bits per heavy atom. The number of halogens is 2. The lowest BCUT2D eigenvalue weighted by atomic mass is 10.1. The average molecular weight is 349 g/mol. The van der Waals surface area contributed by atoms with E-state index < -0.39 is 0 Å². The van der Waals surface area contributed by atoms with Crippen LogP contribution in [-0.4, -0.2) is 4.98 Å². The lowest BCUT2D eigenvalue weighted by molar-refractivity contribution is 1.40.